The third kappa shape index (κ3) is 2.11. The Kier molecular flexibility index (Phi) is 3.31. The van der Waals surface area contributed by atoms with E-state index in [4.69, 9.17) is 14.7 Å². The van der Waals surface area contributed by atoms with Crippen LogP contribution in [0.15, 0.2) is 12.1 Å². The molecule has 0 aliphatic carbocycles. The molecular weight excluding hydrogens is 202 g/mol. The van der Waals surface area contributed by atoms with Gasteiger partial charge >= 0.3 is 0 Å². The minimum atomic E-state index is 0.430. The summed E-state index contributed by atoms with van der Waals surface area (Å²) in [6.07, 6.45) is 2.25. The molecule has 1 heterocycles. The fourth-order valence-corrected chi connectivity index (χ4v) is 1.87. The molecule has 0 unspecified atom stereocenters. The molecule has 0 saturated heterocycles. The molecule has 1 aliphatic rings. The van der Waals surface area contributed by atoms with Crippen molar-refractivity contribution in [2.75, 3.05) is 13.2 Å². The van der Waals surface area contributed by atoms with Gasteiger partial charge in [-0.05, 0) is 29.7 Å². The van der Waals surface area contributed by atoms with Gasteiger partial charge in [0.05, 0.1) is 25.7 Å². The van der Waals surface area contributed by atoms with Crippen molar-refractivity contribution in [1.82, 2.24) is 0 Å². The Balaban J connectivity index is 2.41. The van der Waals surface area contributed by atoms with E-state index in [1.54, 1.807) is 0 Å². The maximum absolute atomic E-state index is 8.78. The molecule has 2 rings (SSSR count). The minimum Gasteiger partial charge on any atom is -0.490 e. The summed E-state index contributed by atoms with van der Waals surface area (Å²) in [5.41, 5.74) is 2.22. The van der Waals surface area contributed by atoms with E-state index < -0.39 is 0 Å². The summed E-state index contributed by atoms with van der Waals surface area (Å²) in [5.74, 6) is 1.59. The van der Waals surface area contributed by atoms with Gasteiger partial charge in [0, 0.05) is 6.42 Å². The average molecular weight is 217 g/mol. The van der Waals surface area contributed by atoms with E-state index >= 15 is 0 Å². The topological polar surface area (TPSA) is 42.2 Å². The Morgan fingerprint density at radius 1 is 1.19 bits per heavy atom. The summed E-state index contributed by atoms with van der Waals surface area (Å²) in [6, 6.07) is 6.14. The smallest absolute Gasteiger partial charge is 0.161 e. The van der Waals surface area contributed by atoms with Gasteiger partial charge in [-0.2, -0.15) is 5.26 Å². The number of rotatable bonds is 2. The molecule has 1 aromatic carbocycles. The number of aryl methyl sites for hydroxylation is 1. The van der Waals surface area contributed by atoms with E-state index in [9.17, 15) is 0 Å². The van der Waals surface area contributed by atoms with Crippen LogP contribution in [-0.2, 0) is 12.8 Å². The molecule has 1 aromatic rings. The highest BCUT2D eigenvalue weighted by molar-refractivity contribution is 5.48. The highest BCUT2D eigenvalue weighted by atomic mass is 16.5. The number of ether oxygens (including phenoxy) is 2. The monoisotopic (exact) mass is 217 g/mol. The first-order valence-corrected chi connectivity index (χ1v) is 5.63. The summed E-state index contributed by atoms with van der Waals surface area (Å²) in [5, 5.41) is 8.78. The second-order valence-electron chi connectivity index (χ2n) is 3.81. The fourth-order valence-electron chi connectivity index (χ4n) is 1.87. The quantitative estimate of drug-likeness (QED) is 0.764. The van der Waals surface area contributed by atoms with E-state index in [0.717, 1.165) is 29.9 Å². The SMILES string of the molecule is CCc1cc2c(cc1CC#N)OCCCO2. The molecule has 1 aliphatic heterocycles. The Labute approximate surface area is 95.6 Å². The van der Waals surface area contributed by atoms with Gasteiger partial charge < -0.3 is 9.47 Å². The van der Waals surface area contributed by atoms with Crippen LogP contribution in [-0.4, -0.2) is 13.2 Å². The first-order valence-electron chi connectivity index (χ1n) is 5.63. The molecular formula is C13H15NO2. The number of nitrogens with zero attached hydrogens (tertiary/aromatic N) is 1. The van der Waals surface area contributed by atoms with Gasteiger partial charge in [0.15, 0.2) is 11.5 Å². The van der Waals surface area contributed by atoms with Crippen LogP contribution in [0.25, 0.3) is 0 Å². The molecule has 0 atom stereocenters. The zero-order valence-electron chi connectivity index (χ0n) is 9.45. The van der Waals surface area contributed by atoms with Crippen LogP contribution in [0.1, 0.15) is 24.5 Å². The molecule has 3 heteroatoms. The van der Waals surface area contributed by atoms with Crippen molar-refractivity contribution < 1.29 is 9.47 Å². The zero-order chi connectivity index (χ0) is 11.4. The maximum atomic E-state index is 8.78. The van der Waals surface area contributed by atoms with Crippen molar-refractivity contribution >= 4 is 0 Å². The summed E-state index contributed by atoms with van der Waals surface area (Å²) in [6.45, 7) is 3.47. The summed E-state index contributed by atoms with van der Waals surface area (Å²) < 4.78 is 11.2. The molecule has 0 fully saturated rings. The Hall–Kier alpha value is -1.69. The van der Waals surface area contributed by atoms with E-state index in [1.165, 1.54) is 5.56 Å². The standard InChI is InChI=1S/C13H15NO2/c1-2-10-8-12-13(9-11(10)4-5-14)16-7-3-6-15-12/h8-9H,2-4,6-7H2,1H3. The van der Waals surface area contributed by atoms with Crippen molar-refractivity contribution in [1.29, 1.82) is 5.26 Å². The lowest BCUT2D eigenvalue weighted by molar-refractivity contribution is 0.297. The predicted octanol–water partition coefficient (Wildman–Crippen LogP) is 2.48. The van der Waals surface area contributed by atoms with Gasteiger partial charge in [-0.1, -0.05) is 6.92 Å². The van der Waals surface area contributed by atoms with Crippen molar-refractivity contribution in [3.05, 3.63) is 23.3 Å². The molecule has 16 heavy (non-hydrogen) atoms. The number of nitriles is 1. The molecule has 0 aromatic heterocycles. The van der Waals surface area contributed by atoms with Gasteiger partial charge in [-0.15, -0.1) is 0 Å². The number of hydrogen-bond acceptors (Lipinski definition) is 3. The lowest BCUT2D eigenvalue weighted by atomic mass is 10.0. The molecule has 0 N–H and O–H groups in total. The van der Waals surface area contributed by atoms with Crippen molar-refractivity contribution in [3.8, 4) is 17.6 Å². The second-order valence-corrected chi connectivity index (χ2v) is 3.81. The van der Waals surface area contributed by atoms with Gasteiger partial charge in [-0.25, -0.2) is 0 Å². The van der Waals surface area contributed by atoms with E-state index in [-0.39, 0.29) is 0 Å². The molecule has 84 valence electrons. The maximum Gasteiger partial charge on any atom is 0.161 e. The lowest BCUT2D eigenvalue weighted by Crippen LogP contribution is -1.97. The van der Waals surface area contributed by atoms with E-state index in [0.29, 0.717) is 19.6 Å². The first kappa shape index (κ1) is 10.8. The molecule has 0 saturated carbocycles. The summed E-state index contributed by atoms with van der Waals surface area (Å²) in [7, 11) is 0. The Bertz CT molecular complexity index is 420. The van der Waals surface area contributed by atoms with Crippen LogP contribution in [0.3, 0.4) is 0 Å². The fraction of sp³-hybridized carbons (Fsp3) is 0.462. The van der Waals surface area contributed by atoms with E-state index in [1.807, 2.05) is 12.1 Å². The largest absolute Gasteiger partial charge is 0.490 e. The number of fused-ring (bicyclic) bond motifs is 1. The van der Waals surface area contributed by atoms with Crippen molar-refractivity contribution in [2.24, 2.45) is 0 Å². The highest BCUT2D eigenvalue weighted by Crippen LogP contribution is 2.33. The van der Waals surface area contributed by atoms with E-state index in [2.05, 4.69) is 13.0 Å². The van der Waals surface area contributed by atoms with Gasteiger partial charge in [0.2, 0.25) is 0 Å². The van der Waals surface area contributed by atoms with Gasteiger partial charge in [-0.3, -0.25) is 0 Å². The molecule has 0 amide bonds. The molecule has 3 nitrogen and oxygen atoms in total. The van der Waals surface area contributed by atoms with Crippen LogP contribution in [0.5, 0.6) is 11.5 Å². The Morgan fingerprint density at radius 2 is 1.81 bits per heavy atom. The van der Waals surface area contributed by atoms with Crippen LogP contribution in [0.2, 0.25) is 0 Å². The summed E-state index contributed by atoms with van der Waals surface area (Å²) >= 11 is 0. The van der Waals surface area contributed by atoms with Crippen LogP contribution < -0.4 is 9.47 Å². The van der Waals surface area contributed by atoms with Crippen LogP contribution in [0.4, 0.5) is 0 Å². The number of hydrogen-bond donors (Lipinski definition) is 0. The highest BCUT2D eigenvalue weighted by Gasteiger charge is 2.13. The molecule has 0 bridgehead atoms. The van der Waals surface area contributed by atoms with Crippen LogP contribution >= 0.6 is 0 Å². The predicted molar refractivity (Wildman–Crippen MR) is 60.7 cm³/mol. The first-order chi connectivity index (χ1) is 7.85. The normalized spacial score (nSPS) is 14.0. The van der Waals surface area contributed by atoms with Gasteiger partial charge in [0.25, 0.3) is 0 Å². The summed E-state index contributed by atoms with van der Waals surface area (Å²) in [4.78, 5) is 0. The van der Waals surface area contributed by atoms with Gasteiger partial charge in [0.1, 0.15) is 0 Å². The van der Waals surface area contributed by atoms with Crippen molar-refractivity contribution in [2.45, 2.75) is 26.2 Å². The third-order valence-electron chi connectivity index (χ3n) is 2.72. The Morgan fingerprint density at radius 3 is 2.38 bits per heavy atom. The molecule has 0 spiro atoms. The lowest BCUT2D eigenvalue weighted by Gasteiger charge is -2.12. The molecule has 0 radical (unpaired) electrons. The zero-order valence-corrected chi connectivity index (χ0v) is 9.45. The second kappa shape index (κ2) is 4.89. The third-order valence-corrected chi connectivity index (χ3v) is 2.72. The van der Waals surface area contributed by atoms with Crippen molar-refractivity contribution in [3.63, 3.8) is 0 Å². The van der Waals surface area contributed by atoms with Crippen LogP contribution in [0, 0.1) is 11.3 Å². The number of benzene rings is 1. The minimum absolute atomic E-state index is 0.430. The average Bonchev–Trinajstić information content (AvgIpc) is 2.53.